The molecule has 6 nitrogen and oxygen atoms in total. The van der Waals surface area contributed by atoms with E-state index in [1.807, 2.05) is 41.1 Å². The molecule has 0 atom stereocenters. The maximum absolute atomic E-state index is 12.3. The van der Waals surface area contributed by atoms with Gasteiger partial charge in [0, 0.05) is 30.0 Å². The summed E-state index contributed by atoms with van der Waals surface area (Å²) in [4.78, 5) is 18.2. The summed E-state index contributed by atoms with van der Waals surface area (Å²) in [5.74, 6) is -0.0895. The highest BCUT2D eigenvalue weighted by Gasteiger charge is 2.37. The Morgan fingerprint density at radius 1 is 1.39 bits per heavy atom. The quantitative estimate of drug-likeness (QED) is 0.761. The van der Waals surface area contributed by atoms with Crippen LogP contribution in [0.25, 0.3) is 5.65 Å². The fraction of sp³-hybridized carbons (Fsp3) is 0.250. The number of nitrogens with one attached hydrogen (secondary N) is 1. The summed E-state index contributed by atoms with van der Waals surface area (Å²) in [5.41, 5.74) is 7.64. The fourth-order valence-corrected chi connectivity index (χ4v) is 3.52. The van der Waals surface area contributed by atoms with Crippen molar-refractivity contribution in [1.29, 1.82) is 0 Å². The molecule has 0 spiro atoms. The second-order valence-corrected chi connectivity index (χ2v) is 6.81. The molecule has 1 fully saturated rings. The van der Waals surface area contributed by atoms with Gasteiger partial charge in [-0.05, 0) is 29.8 Å². The predicted octanol–water partition coefficient (Wildman–Crippen LogP) is 1.51. The number of carbonyl (C=O) groups is 1. The standard InChI is InChI=1S/C16H16N4O2S/c17-16(9-22-10-16)13-2-1-12(23-13)15(21)19-8-11-3-5-20-6-4-18-14(20)7-11/h1-7H,8-10,17H2,(H,19,21). The average molecular weight is 328 g/mol. The maximum Gasteiger partial charge on any atom is 0.261 e. The lowest BCUT2D eigenvalue weighted by Gasteiger charge is -2.36. The number of nitrogens with two attached hydrogens (primary N) is 1. The summed E-state index contributed by atoms with van der Waals surface area (Å²) in [7, 11) is 0. The maximum atomic E-state index is 12.3. The molecule has 1 amide bonds. The molecule has 4 heterocycles. The van der Waals surface area contributed by atoms with Gasteiger partial charge >= 0.3 is 0 Å². The molecule has 0 saturated carbocycles. The van der Waals surface area contributed by atoms with Crippen LogP contribution < -0.4 is 11.1 Å². The molecule has 0 aromatic carbocycles. The molecule has 3 N–H and O–H groups in total. The van der Waals surface area contributed by atoms with E-state index in [4.69, 9.17) is 10.5 Å². The number of fused-ring (bicyclic) bond motifs is 1. The minimum absolute atomic E-state index is 0.0895. The van der Waals surface area contributed by atoms with Crippen LogP contribution in [-0.2, 0) is 16.8 Å². The van der Waals surface area contributed by atoms with Crippen molar-refractivity contribution in [2.75, 3.05) is 13.2 Å². The molecule has 0 radical (unpaired) electrons. The van der Waals surface area contributed by atoms with E-state index < -0.39 is 5.54 Å². The zero-order valence-electron chi connectivity index (χ0n) is 12.4. The second-order valence-electron chi connectivity index (χ2n) is 5.72. The fourth-order valence-electron chi connectivity index (χ4n) is 2.52. The molecule has 7 heteroatoms. The second kappa shape index (κ2) is 5.45. The average Bonchev–Trinajstić information content (AvgIpc) is 3.18. The van der Waals surface area contributed by atoms with Crippen molar-refractivity contribution in [3.8, 4) is 0 Å². The van der Waals surface area contributed by atoms with E-state index in [0.29, 0.717) is 24.6 Å². The van der Waals surface area contributed by atoms with Crippen LogP contribution in [0.3, 0.4) is 0 Å². The number of carbonyl (C=O) groups excluding carboxylic acids is 1. The van der Waals surface area contributed by atoms with Crippen LogP contribution in [0.2, 0.25) is 0 Å². The topological polar surface area (TPSA) is 81.7 Å². The first-order valence-corrected chi connectivity index (χ1v) is 8.12. The summed E-state index contributed by atoms with van der Waals surface area (Å²) in [6.45, 7) is 1.49. The van der Waals surface area contributed by atoms with Gasteiger partial charge in [0.25, 0.3) is 5.91 Å². The van der Waals surface area contributed by atoms with E-state index in [0.717, 1.165) is 16.1 Å². The molecule has 0 aliphatic carbocycles. The van der Waals surface area contributed by atoms with Gasteiger partial charge in [-0.2, -0.15) is 0 Å². The summed E-state index contributed by atoms with van der Waals surface area (Å²) >= 11 is 1.43. The summed E-state index contributed by atoms with van der Waals surface area (Å²) in [5, 5.41) is 2.94. The number of aromatic nitrogens is 2. The van der Waals surface area contributed by atoms with Crippen molar-refractivity contribution >= 4 is 22.9 Å². The third-order valence-electron chi connectivity index (χ3n) is 3.96. The van der Waals surface area contributed by atoms with Crippen molar-refractivity contribution in [1.82, 2.24) is 14.7 Å². The SMILES string of the molecule is NC1(c2ccc(C(=O)NCc3ccn4ccnc4c3)s2)COC1. The van der Waals surface area contributed by atoms with E-state index in [1.54, 1.807) is 6.20 Å². The van der Waals surface area contributed by atoms with Crippen molar-refractivity contribution in [2.45, 2.75) is 12.1 Å². The van der Waals surface area contributed by atoms with Gasteiger partial charge in [-0.15, -0.1) is 11.3 Å². The molecule has 0 bridgehead atoms. The minimum atomic E-state index is -0.422. The van der Waals surface area contributed by atoms with Gasteiger partial charge in [0.1, 0.15) is 5.65 Å². The van der Waals surface area contributed by atoms with Crippen LogP contribution in [0, 0.1) is 0 Å². The minimum Gasteiger partial charge on any atom is -0.377 e. The smallest absolute Gasteiger partial charge is 0.261 e. The highest BCUT2D eigenvalue weighted by atomic mass is 32.1. The predicted molar refractivity (Wildman–Crippen MR) is 87.4 cm³/mol. The number of nitrogens with zero attached hydrogens (tertiary/aromatic N) is 2. The Kier molecular flexibility index (Phi) is 3.41. The van der Waals surface area contributed by atoms with Gasteiger partial charge in [0.15, 0.2) is 0 Å². The molecular weight excluding hydrogens is 312 g/mol. The molecule has 0 unspecified atom stereocenters. The van der Waals surface area contributed by atoms with Crippen LogP contribution >= 0.6 is 11.3 Å². The molecule has 23 heavy (non-hydrogen) atoms. The van der Waals surface area contributed by atoms with Gasteiger partial charge in [-0.25, -0.2) is 4.98 Å². The van der Waals surface area contributed by atoms with Crippen LogP contribution in [0.5, 0.6) is 0 Å². The van der Waals surface area contributed by atoms with E-state index >= 15 is 0 Å². The van der Waals surface area contributed by atoms with Crippen LogP contribution in [0.4, 0.5) is 0 Å². The van der Waals surface area contributed by atoms with Crippen LogP contribution in [0.1, 0.15) is 20.1 Å². The molecule has 118 valence electrons. The Morgan fingerprint density at radius 2 is 2.26 bits per heavy atom. The number of thiophene rings is 1. The number of hydrogen-bond acceptors (Lipinski definition) is 5. The summed E-state index contributed by atoms with van der Waals surface area (Å²) in [6.07, 6.45) is 5.57. The zero-order valence-corrected chi connectivity index (χ0v) is 13.2. The number of rotatable bonds is 4. The Labute approximate surface area is 136 Å². The summed E-state index contributed by atoms with van der Waals surface area (Å²) in [6, 6.07) is 7.66. The van der Waals surface area contributed by atoms with E-state index in [1.165, 1.54) is 11.3 Å². The van der Waals surface area contributed by atoms with Gasteiger partial charge < -0.3 is 20.2 Å². The third-order valence-corrected chi connectivity index (χ3v) is 5.26. The molecule has 1 saturated heterocycles. The highest BCUT2D eigenvalue weighted by molar-refractivity contribution is 7.14. The lowest BCUT2D eigenvalue weighted by atomic mass is 9.97. The zero-order chi connectivity index (χ0) is 15.9. The van der Waals surface area contributed by atoms with Crippen LogP contribution in [-0.4, -0.2) is 28.5 Å². The number of amides is 1. The molecule has 3 aromatic heterocycles. The van der Waals surface area contributed by atoms with Gasteiger partial charge in [0.2, 0.25) is 0 Å². The molecule has 1 aliphatic heterocycles. The number of hydrogen-bond donors (Lipinski definition) is 2. The largest absolute Gasteiger partial charge is 0.377 e. The first kappa shape index (κ1) is 14.4. The van der Waals surface area contributed by atoms with E-state index in [-0.39, 0.29) is 5.91 Å². The van der Waals surface area contributed by atoms with Crippen molar-refractivity contribution in [3.63, 3.8) is 0 Å². The Hall–Kier alpha value is -2.22. The monoisotopic (exact) mass is 328 g/mol. The Morgan fingerprint density at radius 3 is 3.04 bits per heavy atom. The number of pyridine rings is 1. The lowest BCUT2D eigenvalue weighted by Crippen LogP contribution is -2.53. The summed E-state index contributed by atoms with van der Waals surface area (Å²) < 4.78 is 7.10. The molecule has 4 rings (SSSR count). The molecule has 1 aliphatic rings. The van der Waals surface area contributed by atoms with E-state index in [9.17, 15) is 4.79 Å². The normalized spacial score (nSPS) is 16.2. The van der Waals surface area contributed by atoms with Gasteiger partial charge in [0.05, 0.1) is 23.6 Å². The van der Waals surface area contributed by atoms with Crippen molar-refractivity contribution in [2.24, 2.45) is 5.73 Å². The lowest BCUT2D eigenvalue weighted by molar-refractivity contribution is -0.0550. The Balaban J connectivity index is 1.43. The molecular formula is C16H16N4O2S. The number of ether oxygens (including phenoxy) is 1. The highest BCUT2D eigenvalue weighted by Crippen LogP contribution is 2.32. The first-order chi connectivity index (χ1) is 11.1. The van der Waals surface area contributed by atoms with Crippen LogP contribution in [0.15, 0.2) is 42.9 Å². The first-order valence-electron chi connectivity index (χ1n) is 7.31. The van der Waals surface area contributed by atoms with Crippen molar-refractivity contribution in [3.05, 3.63) is 58.2 Å². The number of imidazole rings is 1. The van der Waals surface area contributed by atoms with Gasteiger partial charge in [-0.1, -0.05) is 0 Å². The molecule has 3 aromatic rings. The Bertz CT molecular complexity index is 866. The third kappa shape index (κ3) is 2.63. The van der Waals surface area contributed by atoms with Crippen molar-refractivity contribution < 1.29 is 9.53 Å². The van der Waals surface area contributed by atoms with E-state index in [2.05, 4.69) is 10.3 Å². The van der Waals surface area contributed by atoms with Gasteiger partial charge in [-0.3, -0.25) is 4.79 Å².